The summed E-state index contributed by atoms with van der Waals surface area (Å²) in [6.45, 7) is 0.00786. The fourth-order valence-electron chi connectivity index (χ4n) is 1.43. The van der Waals surface area contributed by atoms with Crippen LogP contribution in [0, 0.1) is 0 Å². The third kappa shape index (κ3) is 4.95. The van der Waals surface area contributed by atoms with Gasteiger partial charge < -0.3 is 10.8 Å². The number of amides is 1. The first-order chi connectivity index (χ1) is 9.65. The number of sulfonamides is 1. The summed E-state index contributed by atoms with van der Waals surface area (Å²) in [5, 5.41) is 8.90. The van der Waals surface area contributed by atoms with Crippen molar-refractivity contribution in [3.05, 3.63) is 27.2 Å². The average molecular weight is 400 g/mol. The lowest BCUT2D eigenvalue weighted by atomic mass is 10.2. The summed E-state index contributed by atoms with van der Waals surface area (Å²) < 4.78 is 26.5. The van der Waals surface area contributed by atoms with Gasteiger partial charge in [0.05, 0.1) is 15.5 Å². The fraction of sp³-hybridized carbons (Fsp3) is 0.273. The van der Waals surface area contributed by atoms with Gasteiger partial charge in [0.25, 0.3) is 0 Å². The SMILES string of the molecule is NC(=O)CCCNS(=O)(=O)c1cc(Br)c(Cl)c(C(=O)O)c1. The first-order valence-corrected chi connectivity index (χ1v) is 8.31. The molecule has 21 heavy (non-hydrogen) atoms. The minimum Gasteiger partial charge on any atom is -0.478 e. The van der Waals surface area contributed by atoms with E-state index in [9.17, 15) is 18.0 Å². The summed E-state index contributed by atoms with van der Waals surface area (Å²) in [5.41, 5.74) is 4.61. The standard InChI is InChI=1S/C11H12BrClN2O5S/c12-8-5-6(4-7(10(8)13)11(17)18)21(19,20)15-3-1-2-9(14)16/h4-5,15H,1-3H2,(H2,14,16)(H,17,18). The lowest BCUT2D eigenvalue weighted by Gasteiger charge is -2.09. The van der Waals surface area contributed by atoms with E-state index in [1.165, 1.54) is 6.07 Å². The second-order valence-electron chi connectivity index (χ2n) is 4.04. The van der Waals surface area contributed by atoms with Gasteiger partial charge in [0, 0.05) is 17.4 Å². The molecule has 0 fully saturated rings. The summed E-state index contributed by atoms with van der Waals surface area (Å²) in [6.07, 6.45) is 0.294. The van der Waals surface area contributed by atoms with Crippen molar-refractivity contribution in [2.75, 3.05) is 6.54 Å². The van der Waals surface area contributed by atoms with Gasteiger partial charge in [0.1, 0.15) is 0 Å². The maximum atomic E-state index is 12.0. The zero-order chi connectivity index (χ0) is 16.2. The van der Waals surface area contributed by atoms with Crippen molar-refractivity contribution in [1.29, 1.82) is 0 Å². The van der Waals surface area contributed by atoms with Crippen LogP contribution in [0.1, 0.15) is 23.2 Å². The fourth-order valence-corrected chi connectivity index (χ4v) is 3.35. The second kappa shape index (κ2) is 7.21. The second-order valence-corrected chi connectivity index (χ2v) is 7.04. The van der Waals surface area contributed by atoms with Gasteiger partial charge in [-0.15, -0.1) is 0 Å². The molecule has 1 aromatic rings. The molecule has 0 unspecified atom stereocenters. The van der Waals surface area contributed by atoms with Crippen molar-refractivity contribution in [1.82, 2.24) is 4.72 Å². The molecule has 4 N–H and O–H groups in total. The van der Waals surface area contributed by atoms with Crippen LogP contribution in [0.2, 0.25) is 5.02 Å². The van der Waals surface area contributed by atoms with Gasteiger partial charge in [-0.05, 0) is 34.5 Å². The monoisotopic (exact) mass is 398 g/mol. The van der Waals surface area contributed by atoms with Crippen LogP contribution < -0.4 is 10.5 Å². The van der Waals surface area contributed by atoms with Crippen LogP contribution in [0.25, 0.3) is 0 Å². The van der Waals surface area contributed by atoms with E-state index in [0.29, 0.717) is 0 Å². The number of rotatable bonds is 7. The van der Waals surface area contributed by atoms with Crippen molar-refractivity contribution in [3.63, 3.8) is 0 Å². The predicted octanol–water partition coefficient (Wildman–Crippen LogP) is 1.34. The number of carboxylic acids is 1. The number of nitrogens with one attached hydrogen (secondary N) is 1. The maximum absolute atomic E-state index is 12.0. The molecule has 0 aliphatic rings. The van der Waals surface area contributed by atoms with E-state index in [-0.39, 0.29) is 39.3 Å². The van der Waals surface area contributed by atoms with E-state index < -0.39 is 21.9 Å². The third-order valence-electron chi connectivity index (χ3n) is 2.43. The Morgan fingerprint density at radius 3 is 2.52 bits per heavy atom. The van der Waals surface area contributed by atoms with E-state index >= 15 is 0 Å². The zero-order valence-corrected chi connectivity index (χ0v) is 13.8. The normalized spacial score (nSPS) is 11.3. The quantitative estimate of drug-likeness (QED) is 0.596. The highest BCUT2D eigenvalue weighted by atomic mass is 79.9. The van der Waals surface area contributed by atoms with Crippen molar-refractivity contribution < 1.29 is 23.1 Å². The van der Waals surface area contributed by atoms with Crippen molar-refractivity contribution in [2.45, 2.75) is 17.7 Å². The van der Waals surface area contributed by atoms with Crippen LogP contribution in [0.15, 0.2) is 21.5 Å². The highest BCUT2D eigenvalue weighted by Gasteiger charge is 2.20. The first-order valence-electron chi connectivity index (χ1n) is 5.65. The number of nitrogens with two attached hydrogens (primary N) is 1. The molecule has 0 heterocycles. The van der Waals surface area contributed by atoms with E-state index in [2.05, 4.69) is 20.7 Å². The summed E-state index contributed by atoms with van der Waals surface area (Å²) in [4.78, 5) is 21.3. The van der Waals surface area contributed by atoms with Gasteiger partial charge in [0.2, 0.25) is 15.9 Å². The number of carbonyl (C=O) groups is 2. The topological polar surface area (TPSA) is 127 Å². The number of halogens is 2. The molecule has 0 saturated heterocycles. The Balaban J connectivity index is 2.98. The number of aromatic carboxylic acids is 1. The van der Waals surface area contributed by atoms with Gasteiger partial charge in [-0.25, -0.2) is 17.9 Å². The van der Waals surface area contributed by atoms with Crippen LogP contribution in [0.4, 0.5) is 0 Å². The molecule has 0 spiro atoms. The minimum absolute atomic E-state index is 0.00786. The first kappa shape index (κ1) is 17.9. The highest BCUT2D eigenvalue weighted by molar-refractivity contribution is 9.10. The Hall–Kier alpha value is -1.16. The number of carboxylic acid groups (broad SMARTS) is 1. The number of hydrogen-bond acceptors (Lipinski definition) is 4. The van der Waals surface area contributed by atoms with Gasteiger partial charge in [-0.1, -0.05) is 11.6 Å². The van der Waals surface area contributed by atoms with Gasteiger partial charge in [-0.2, -0.15) is 0 Å². The average Bonchev–Trinajstić information content (AvgIpc) is 2.37. The van der Waals surface area contributed by atoms with E-state index in [0.717, 1.165) is 6.07 Å². The molecule has 0 bridgehead atoms. The molecule has 0 aromatic heterocycles. The van der Waals surface area contributed by atoms with Crippen molar-refractivity contribution >= 4 is 49.4 Å². The van der Waals surface area contributed by atoms with E-state index in [1.807, 2.05) is 0 Å². The molecule has 0 saturated carbocycles. The number of hydrogen-bond donors (Lipinski definition) is 3. The third-order valence-corrected chi connectivity index (χ3v) is 5.14. The molecular weight excluding hydrogens is 388 g/mol. The molecule has 116 valence electrons. The van der Waals surface area contributed by atoms with E-state index in [4.69, 9.17) is 22.4 Å². The number of primary amides is 1. The molecule has 7 nitrogen and oxygen atoms in total. The molecular formula is C11H12BrClN2O5S. The molecule has 0 radical (unpaired) electrons. The highest BCUT2D eigenvalue weighted by Crippen LogP contribution is 2.29. The largest absolute Gasteiger partial charge is 0.478 e. The minimum atomic E-state index is -3.91. The predicted molar refractivity (Wildman–Crippen MR) is 79.7 cm³/mol. The summed E-state index contributed by atoms with van der Waals surface area (Å²) in [5.74, 6) is -1.87. The summed E-state index contributed by atoms with van der Waals surface area (Å²) in [6, 6.07) is 2.16. The lowest BCUT2D eigenvalue weighted by Crippen LogP contribution is -2.26. The van der Waals surface area contributed by atoms with Gasteiger partial charge in [-0.3, -0.25) is 4.79 Å². The Morgan fingerprint density at radius 1 is 1.38 bits per heavy atom. The van der Waals surface area contributed by atoms with Crippen LogP contribution in [0.5, 0.6) is 0 Å². The molecule has 1 aromatic carbocycles. The van der Waals surface area contributed by atoms with Crippen LogP contribution in [0.3, 0.4) is 0 Å². The Kier molecular flexibility index (Phi) is 6.14. The van der Waals surface area contributed by atoms with Gasteiger partial charge >= 0.3 is 5.97 Å². The van der Waals surface area contributed by atoms with Crippen LogP contribution in [-0.4, -0.2) is 31.9 Å². The van der Waals surface area contributed by atoms with Crippen LogP contribution in [-0.2, 0) is 14.8 Å². The molecule has 10 heteroatoms. The number of carbonyl (C=O) groups excluding carboxylic acids is 1. The maximum Gasteiger partial charge on any atom is 0.337 e. The molecule has 0 aliphatic carbocycles. The summed E-state index contributed by atoms with van der Waals surface area (Å²) >= 11 is 8.79. The lowest BCUT2D eigenvalue weighted by molar-refractivity contribution is -0.118. The van der Waals surface area contributed by atoms with Crippen LogP contribution >= 0.6 is 27.5 Å². The molecule has 0 atom stereocenters. The van der Waals surface area contributed by atoms with Gasteiger partial charge in [0.15, 0.2) is 0 Å². The van der Waals surface area contributed by atoms with Crippen molar-refractivity contribution in [2.24, 2.45) is 5.73 Å². The Labute approximate surface area is 134 Å². The van der Waals surface area contributed by atoms with E-state index in [1.54, 1.807) is 0 Å². The molecule has 1 rings (SSSR count). The summed E-state index contributed by atoms with van der Waals surface area (Å²) in [7, 11) is -3.91. The molecule has 1 amide bonds. The smallest absolute Gasteiger partial charge is 0.337 e. The molecule has 0 aliphatic heterocycles. The Morgan fingerprint density at radius 2 is 2.00 bits per heavy atom. The number of benzene rings is 1. The Bertz CT molecular complexity index is 677. The van der Waals surface area contributed by atoms with Crippen molar-refractivity contribution in [3.8, 4) is 0 Å². The zero-order valence-electron chi connectivity index (χ0n) is 10.6.